The van der Waals surface area contributed by atoms with Gasteiger partial charge in [-0.15, -0.1) is 0 Å². The predicted molar refractivity (Wildman–Crippen MR) is 81.7 cm³/mol. The lowest BCUT2D eigenvalue weighted by molar-refractivity contribution is -0.385. The van der Waals surface area contributed by atoms with E-state index in [0.717, 1.165) is 22.4 Å². The molecule has 2 N–H and O–H groups in total. The lowest BCUT2D eigenvalue weighted by Crippen LogP contribution is -1.98. The van der Waals surface area contributed by atoms with Crippen LogP contribution in [0.5, 0.6) is 11.5 Å². The highest BCUT2D eigenvalue weighted by atomic mass is 16.6. The van der Waals surface area contributed by atoms with Crippen LogP contribution in [-0.4, -0.2) is 4.92 Å². The van der Waals surface area contributed by atoms with Gasteiger partial charge in [0.2, 0.25) is 0 Å². The molecule has 0 amide bonds. The van der Waals surface area contributed by atoms with Gasteiger partial charge >= 0.3 is 0 Å². The second-order valence-electron chi connectivity index (χ2n) is 5.07. The first kappa shape index (κ1) is 15.0. The fourth-order valence-corrected chi connectivity index (χ4v) is 2.15. The van der Waals surface area contributed by atoms with Gasteiger partial charge in [-0.1, -0.05) is 12.1 Å². The molecule has 0 fully saturated rings. The minimum atomic E-state index is -0.382. The molecule has 0 aromatic heterocycles. The summed E-state index contributed by atoms with van der Waals surface area (Å²) in [6.45, 7) is 5.93. The third kappa shape index (κ3) is 3.20. The van der Waals surface area contributed by atoms with Crippen LogP contribution in [0.3, 0.4) is 0 Å². The Kier molecular flexibility index (Phi) is 4.23. The Bertz CT molecular complexity index is 696. The van der Waals surface area contributed by atoms with Crippen LogP contribution in [0.2, 0.25) is 0 Å². The van der Waals surface area contributed by atoms with Gasteiger partial charge in [-0.25, -0.2) is 0 Å². The van der Waals surface area contributed by atoms with Crippen LogP contribution in [0.15, 0.2) is 30.3 Å². The van der Waals surface area contributed by atoms with Gasteiger partial charge in [0.15, 0.2) is 0 Å². The summed E-state index contributed by atoms with van der Waals surface area (Å²) in [6, 6.07) is 8.99. The summed E-state index contributed by atoms with van der Waals surface area (Å²) in [4.78, 5) is 10.5. The maximum absolute atomic E-state index is 10.9. The third-order valence-electron chi connectivity index (χ3n) is 3.39. The third-order valence-corrected chi connectivity index (χ3v) is 3.39. The Morgan fingerprint density at radius 3 is 2.29 bits per heavy atom. The molecular formula is C16H18N2O3. The molecule has 0 aliphatic heterocycles. The molecule has 5 heteroatoms. The maximum Gasteiger partial charge on any atom is 0.272 e. The van der Waals surface area contributed by atoms with Gasteiger partial charge in [0.1, 0.15) is 11.5 Å². The maximum atomic E-state index is 10.9. The van der Waals surface area contributed by atoms with Gasteiger partial charge in [0.25, 0.3) is 5.69 Å². The number of ether oxygens (including phenoxy) is 1. The molecule has 0 aliphatic rings. The van der Waals surface area contributed by atoms with E-state index in [0.29, 0.717) is 17.9 Å². The molecule has 0 heterocycles. The summed E-state index contributed by atoms with van der Waals surface area (Å²) >= 11 is 0. The zero-order valence-corrected chi connectivity index (χ0v) is 12.3. The van der Waals surface area contributed by atoms with Gasteiger partial charge in [-0.05, 0) is 49.6 Å². The summed E-state index contributed by atoms with van der Waals surface area (Å²) in [5, 5.41) is 10.9. The molecule has 2 aromatic rings. The Hall–Kier alpha value is -2.40. The summed E-state index contributed by atoms with van der Waals surface area (Å²) in [5.41, 5.74) is 9.04. The van der Waals surface area contributed by atoms with Crippen molar-refractivity contribution in [2.45, 2.75) is 27.3 Å². The summed E-state index contributed by atoms with van der Waals surface area (Å²) < 4.78 is 5.89. The molecule has 2 rings (SSSR count). The highest BCUT2D eigenvalue weighted by Gasteiger charge is 2.15. The average Bonchev–Trinajstić information content (AvgIpc) is 2.44. The molecule has 5 nitrogen and oxygen atoms in total. The number of nitrogens with two attached hydrogens (primary N) is 1. The van der Waals surface area contributed by atoms with E-state index in [9.17, 15) is 10.1 Å². The number of aryl methyl sites for hydroxylation is 3. The van der Waals surface area contributed by atoms with Crippen molar-refractivity contribution >= 4 is 5.69 Å². The fraction of sp³-hybridized carbons (Fsp3) is 0.250. The zero-order chi connectivity index (χ0) is 15.6. The van der Waals surface area contributed by atoms with Crippen LogP contribution < -0.4 is 10.5 Å². The Morgan fingerprint density at radius 1 is 1.05 bits per heavy atom. The zero-order valence-electron chi connectivity index (χ0n) is 12.3. The Balaban J connectivity index is 2.36. The van der Waals surface area contributed by atoms with Crippen molar-refractivity contribution in [3.8, 4) is 11.5 Å². The van der Waals surface area contributed by atoms with Crippen molar-refractivity contribution in [2.75, 3.05) is 0 Å². The van der Waals surface area contributed by atoms with E-state index in [1.54, 1.807) is 19.9 Å². The van der Waals surface area contributed by atoms with Crippen LogP contribution in [0.25, 0.3) is 0 Å². The van der Waals surface area contributed by atoms with Gasteiger partial charge in [0.05, 0.1) is 4.92 Å². The lowest BCUT2D eigenvalue weighted by Gasteiger charge is -2.13. The number of hydrogen-bond donors (Lipinski definition) is 1. The Labute approximate surface area is 123 Å². The van der Waals surface area contributed by atoms with E-state index < -0.39 is 0 Å². The minimum absolute atomic E-state index is 0.107. The molecule has 0 saturated carbocycles. The van der Waals surface area contributed by atoms with Gasteiger partial charge < -0.3 is 10.5 Å². The molecular weight excluding hydrogens is 268 g/mol. The molecule has 0 aliphatic carbocycles. The second-order valence-corrected chi connectivity index (χ2v) is 5.07. The predicted octanol–water partition coefficient (Wildman–Crippen LogP) is 3.77. The van der Waals surface area contributed by atoms with Crippen LogP contribution >= 0.6 is 0 Å². The Morgan fingerprint density at radius 2 is 1.71 bits per heavy atom. The highest BCUT2D eigenvalue weighted by molar-refractivity contribution is 5.51. The number of nitro benzene ring substituents is 1. The SMILES string of the molecule is Cc1cc(CN)ccc1Oc1cc(C)c([N+](=O)[O-])cc1C. The molecule has 0 atom stereocenters. The standard InChI is InChI=1S/C16H18N2O3/c1-10-8-16(12(3)7-14(10)18(19)20)21-15-5-4-13(9-17)6-11(15)2/h4-8H,9,17H2,1-3H3. The molecule has 0 radical (unpaired) electrons. The monoisotopic (exact) mass is 286 g/mol. The second kappa shape index (κ2) is 5.93. The first-order valence-electron chi connectivity index (χ1n) is 6.65. The molecule has 2 aromatic carbocycles. The largest absolute Gasteiger partial charge is 0.457 e. The van der Waals surface area contributed by atoms with Gasteiger partial charge in [-0.3, -0.25) is 10.1 Å². The molecule has 0 unspecified atom stereocenters. The van der Waals surface area contributed by atoms with Crippen molar-refractivity contribution in [3.63, 3.8) is 0 Å². The highest BCUT2D eigenvalue weighted by Crippen LogP contribution is 2.32. The van der Waals surface area contributed by atoms with E-state index in [4.69, 9.17) is 10.5 Å². The molecule has 110 valence electrons. The van der Waals surface area contributed by atoms with E-state index in [2.05, 4.69) is 0 Å². The van der Waals surface area contributed by atoms with Crippen molar-refractivity contribution in [3.05, 3.63) is 62.7 Å². The van der Waals surface area contributed by atoms with Crippen LogP contribution in [-0.2, 0) is 6.54 Å². The number of hydrogen-bond acceptors (Lipinski definition) is 4. The molecule has 0 spiro atoms. The number of nitro groups is 1. The van der Waals surface area contributed by atoms with Crippen molar-refractivity contribution in [1.82, 2.24) is 0 Å². The lowest BCUT2D eigenvalue weighted by atomic mass is 10.1. The van der Waals surface area contributed by atoms with E-state index in [1.165, 1.54) is 6.07 Å². The normalized spacial score (nSPS) is 10.5. The fourth-order valence-electron chi connectivity index (χ4n) is 2.15. The van der Waals surface area contributed by atoms with E-state index in [1.807, 2.05) is 25.1 Å². The van der Waals surface area contributed by atoms with Crippen molar-refractivity contribution in [1.29, 1.82) is 0 Å². The summed E-state index contributed by atoms with van der Waals surface area (Å²) in [6.07, 6.45) is 0. The smallest absolute Gasteiger partial charge is 0.272 e. The number of benzene rings is 2. The number of rotatable bonds is 4. The topological polar surface area (TPSA) is 78.4 Å². The first-order chi connectivity index (χ1) is 9.92. The van der Waals surface area contributed by atoms with Gasteiger partial charge in [-0.2, -0.15) is 0 Å². The van der Waals surface area contributed by atoms with Crippen LogP contribution in [0, 0.1) is 30.9 Å². The van der Waals surface area contributed by atoms with Gasteiger partial charge in [0, 0.05) is 18.2 Å². The molecule has 21 heavy (non-hydrogen) atoms. The summed E-state index contributed by atoms with van der Waals surface area (Å²) in [5.74, 6) is 1.35. The van der Waals surface area contributed by atoms with Crippen molar-refractivity contribution in [2.24, 2.45) is 5.73 Å². The quantitative estimate of drug-likeness (QED) is 0.685. The first-order valence-corrected chi connectivity index (χ1v) is 6.65. The van der Waals surface area contributed by atoms with E-state index in [-0.39, 0.29) is 10.6 Å². The molecule has 0 bridgehead atoms. The number of nitrogens with zero attached hydrogens (tertiary/aromatic N) is 1. The minimum Gasteiger partial charge on any atom is -0.457 e. The van der Waals surface area contributed by atoms with Crippen molar-refractivity contribution < 1.29 is 9.66 Å². The van der Waals surface area contributed by atoms with Crippen LogP contribution in [0.1, 0.15) is 22.3 Å². The summed E-state index contributed by atoms with van der Waals surface area (Å²) in [7, 11) is 0. The van der Waals surface area contributed by atoms with Crippen LogP contribution in [0.4, 0.5) is 5.69 Å². The average molecular weight is 286 g/mol. The molecule has 0 saturated heterocycles. The van der Waals surface area contributed by atoms with E-state index >= 15 is 0 Å².